The van der Waals surface area contributed by atoms with Gasteiger partial charge in [0.1, 0.15) is 5.82 Å². The molecule has 1 heterocycles. The van der Waals surface area contributed by atoms with Gasteiger partial charge < -0.3 is 10.2 Å². The number of halogens is 1. The Morgan fingerprint density at radius 1 is 1.15 bits per heavy atom. The standard InChI is InChI=1S/C20H27FN4O/c21-18-4-1-2-5-19(18)23-17-8-6-16(7-9-17)20(26)25-14-12-24(13-15-25)11-3-10-22/h1-2,4-5,16-17,23H,3,6-9,11-15H2. The number of piperazine rings is 1. The number of carbonyl (C=O) groups excluding carboxylic acids is 1. The van der Waals surface area contributed by atoms with Crippen molar-refractivity contribution in [3.63, 3.8) is 0 Å². The molecule has 5 nitrogen and oxygen atoms in total. The number of rotatable bonds is 5. The fourth-order valence-corrected chi connectivity index (χ4v) is 3.94. The van der Waals surface area contributed by atoms with Crippen molar-refractivity contribution >= 4 is 11.6 Å². The van der Waals surface area contributed by atoms with Crippen molar-refractivity contribution in [2.45, 2.75) is 38.1 Å². The highest BCUT2D eigenvalue weighted by Crippen LogP contribution is 2.29. The third-order valence-electron chi connectivity index (χ3n) is 5.53. The van der Waals surface area contributed by atoms with E-state index >= 15 is 0 Å². The van der Waals surface area contributed by atoms with E-state index in [4.69, 9.17) is 5.26 Å². The van der Waals surface area contributed by atoms with Crippen LogP contribution in [-0.4, -0.2) is 54.5 Å². The summed E-state index contributed by atoms with van der Waals surface area (Å²) in [6.07, 6.45) is 4.06. The van der Waals surface area contributed by atoms with Gasteiger partial charge in [-0.2, -0.15) is 5.26 Å². The molecule has 1 aliphatic heterocycles. The summed E-state index contributed by atoms with van der Waals surface area (Å²) in [5.41, 5.74) is 0.552. The highest BCUT2D eigenvalue weighted by molar-refractivity contribution is 5.79. The van der Waals surface area contributed by atoms with Gasteiger partial charge in [-0.3, -0.25) is 9.69 Å². The molecule has 1 saturated carbocycles. The summed E-state index contributed by atoms with van der Waals surface area (Å²) < 4.78 is 13.8. The van der Waals surface area contributed by atoms with Crippen molar-refractivity contribution < 1.29 is 9.18 Å². The molecule has 1 N–H and O–H groups in total. The SMILES string of the molecule is N#CCCN1CCN(C(=O)C2CCC(Nc3ccccc3F)CC2)CC1. The molecule has 26 heavy (non-hydrogen) atoms. The molecule has 3 rings (SSSR count). The zero-order chi connectivity index (χ0) is 18.4. The van der Waals surface area contributed by atoms with Crippen LogP contribution >= 0.6 is 0 Å². The molecule has 1 aromatic rings. The largest absolute Gasteiger partial charge is 0.380 e. The Bertz CT molecular complexity index is 643. The molecule has 0 unspecified atom stereocenters. The number of amides is 1. The quantitative estimate of drug-likeness (QED) is 0.879. The van der Waals surface area contributed by atoms with Crippen LogP contribution in [0.2, 0.25) is 0 Å². The molecule has 140 valence electrons. The van der Waals surface area contributed by atoms with Crippen molar-refractivity contribution in [3.05, 3.63) is 30.1 Å². The fourth-order valence-electron chi connectivity index (χ4n) is 3.94. The average Bonchev–Trinajstić information content (AvgIpc) is 2.68. The normalized spacial score (nSPS) is 24.1. The summed E-state index contributed by atoms with van der Waals surface area (Å²) in [4.78, 5) is 17.0. The Kier molecular flexibility index (Phi) is 6.45. The van der Waals surface area contributed by atoms with Crippen LogP contribution < -0.4 is 5.32 Å². The number of nitriles is 1. The van der Waals surface area contributed by atoms with Crippen molar-refractivity contribution in [3.8, 4) is 6.07 Å². The maximum absolute atomic E-state index is 13.8. The number of benzene rings is 1. The summed E-state index contributed by atoms with van der Waals surface area (Å²) in [5, 5.41) is 12.0. The minimum absolute atomic E-state index is 0.0966. The number of nitrogens with one attached hydrogen (secondary N) is 1. The molecular weight excluding hydrogens is 331 g/mol. The Morgan fingerprint density at radius 3 is 2.50 bits per heavy atom. The molecule has 1 amide bonds. The van der Waals surface area contributed by atoms with Crippen LogP contribution in [0.3, 0.4) is 0 Å². The highest BCUT2D eigenvalue weighted by atomic mass is 19.1. The molecule has 0 bridgehead atoms. The third-order valence-corrected chi connectivity index (χ3v) is 5.53. The van der Waals surface area contributed by atoms with Crippen molar-refractivity contribution in [2.75, 3.05) is 38.0 Å². The van der Waals surface area contributed by atoms with Crippen molar-refractivity contribution in [1.82, 2.24) is 9.80 Å². The van der Waals surface area contributed by atoms with E-state index in [0.29, 0.717) is 12.1 Å². The number of nitrogens with zero attached hydrogens (tertiary/aromatic N) is 3. The number of anilines is 1. The summed E-state index contributed by atoms with van der Waals surface area (Å²) in [6.45, 7) is 4.04. The molecule has 0 atom stereocenters. The minimum Gasteiger partial charge on any atom is -0.380 e. The zero-order valence-corrected chi connectivity index (χ0v) is 15.2. The van der Waals surface area contributed by atoms with E-state index in [1.54, 1.807) is 12.1 Å². The lowest BCUT2D eigenvalue weighted by atomic mass is 9.85. The van der Waals surface area contributed by atoms with Gasteiger partial charge in [-0.15, -0.1) is 0 Å². The molecule has 6 heteroatoms. The van der Waals surface area contributed by atoms with Gasteiger partial charge in [0.2, 0.25) is 5.91 Å². The predicted molar refractivity (Wildman–Crippen MR) is 99.0 cm³/mol. The van der Waals surface area contributed by atoms with E-state index < -0.39 is 0 Å². The Balaban J connectivity index is 1.43. The first-order valence-corrected chi connectivity index (χ1v) is 9.56. The minimum atomic E-state index is -0.222. The van der Waals surface area contributed by atoms with Crippen LogP contribution in [-0.2, 0) is 4.79 Å². The van der Waals surface area contributed by atoms with Gasteiger partial charge in [-0.25, -0.2) is 4.39 Å². The van der Waals surface area contributed by atoms with Gasteiger partial charge in [-0.05, 0) is 37.8 Å². The second kappa shape index (κ2) is 9.00. The van der Waals surface area contributed by atoms with Gasteiger partial charge in [0.15, 0.2) is 0 Å². The number of hydrogen-bond donors (Lipinski definition) is 1. The summed E-state index contributed by atoms with van der Waals surface area (Å²) in [5.74, 6) is 0.147. The maximum Gasteiger partial charge on any atom is 0.225 e. The van der Waals surface area contributed by atoms with E-state index in [1.165, 1.54) is 6.07 Å². The zero-order valence-electron chi connectivity index (χ0n) is 15.2. The van der Waals surface area contributed by atoms with Gasteiger partial charge in [0.25, 0.3) is 0 Å². The van der Waals surface area contributed by atoms with E-state index in [2.05, 4.69) is 16.3 Å². The second-order valence-corrected chi connectivity index (χ2v) is 7.25. The second-order valence-electron chi connectivity index (χ2n) is 7.25. The first kappa shape index (κ1) is 18.7. The van der Waals surface area contributed by atoms with Crippen LogP contribution in [0.4, 0.5) is 10.1 Å². The van der Waals surface area contributed by atoms with Crippen LogP contribution in [0.15, 0.2) is 24.3 Å². The van der Waals surface area contributed by atoms with Crippen LogP contribution in [0.5, 0.6) is 0 Å². The third kappa shape index (κ3) is 4.73. The lowest BCUT2D eigenvalue weighted by Crippen LogP contribution is -2.51. The van der Waals surface area contributed by atoms with Gasteiger partial charge >= 0.3 is 0 Å². The molecule has 1 aliphatic carbocycles. The average molecular weight is 358 g/mol. The van der Waals surface area contributed by atoms with Crippen LogP contribution in [0, 0.1) is 23.1 Å². The maximum atomic E-state index is 13.8. The smallest absolute Gasteiger partial charge is 0.225 e. The van der Waals surface area contributed by atoms with Gasteiger partial charge in [-0.1, -0.05) is 12.1 Å². The molecule has 0 spiro atoms. The first-order valence-electron chi connectivity index (χ1n) is 9.56. The Hall–Kier alpha value is -2.13. The van der Waals surface area contributed by atoms with Crippen molar-refractivity contribution in [1.29, 1.82) is 5.26 Å². The molecule has 0 radical (unpaired) electrons. The number of carbonyl (C=O) groups is 1. The van der Waals surface area contributed by atoms with E-state index in [1.807, 2.05) is 11.0 Å². The van der Waals surface area contributed by atoms with Crippen LogP contribution in [0.25, 0.3) is 0 Å². The van der Waals surface area contributed by atoms with Gasteiger partial charge in [0, 0.05) is 51.1 Å². The summed E-state index contributed by atoms with van der Waals surface area (Å²) in [6, 6.07) is 9.16. The molecule has 1 saturated heterocycles. The van der Waals surface area contributed by atoms with Crippen molar-refractivity contribution in [2.24, 2.45) is 5.92 Å². The fraction of sp³-hybridized carbons (Fsp3) is 0.600. The summed E-state index contributed by atoms with van der Waals surface area (Å²) in [7, 11) is 0. The molecule has 2 aliphatic rings. The topological polar surface area (TPSA) is 59.4 Å². The van der Waals surface area contributed by atoms with E-state index in [0.717, 1.165) is 58.4 Å². The lowest BCUT2D eigenvalue weighted by molar-refractivity contribution is -0.138. The molecule has 2 fully saturated rings. The number of para-hydroxylation sites is 1. The van der Waals surface area contributed by atoms with E-state index in [-0.39, 0.29) is 23.7 Å². The Labute approximate surface area is 154 Å². The monoisotopic (exact) mass is 358 g/mol. The number of hydrogen-bond acceptors (Lipinski definition) is 4. The molecule has 0 aromatic heterocycles. The Morgan fingerprint density at radius 2 is 1.85 bits per heavy atom. The molecule has 1 aromatic carbocycles. The van der Waals surface area contributed by atoms with E-state index in [9.17, 15) is 9.18 Å². The lowest BCUT2D eigenvalue weighted by Gasteiger charge is -2.38. The first-order chi connectivity index (χ1) is 12.7. The van der Waals surface area contributed by atoms with Gasteiger partial charge in [0.05, 0.1) is 11.8 Å². The molecular formula is C20H27FN4O. The predicted octanol–water partition coefficient (Wildman–Crippen LogP) is 2.85. The summed E-state index contributed by atoms with van der Waals surface area (Å²) >= 11 is 0. The van der Waals surface area contributed by atoms with Crippen LogP contribution in [0.1, 0.15) is 32.1 Å². The highest BCUT2D eigenvalue weighted by Gasteiger charge is 2.31.